The number of carbonyl (C=O) groups excluding carboxylic acids is 2. The van der Waals surface area contributed by atoms with E-state index in [1.807, 2.05) is 18.2 Å². The third-order valence-corrected chi connectivity index (χ3v) is 14.5. The lowest BCUT2D eigenvalue weighted by atomic mass is 9.99. The Morgan fingerprint density at radius 3 is 1.33 bits per heavy atom. The number of carbonyl (C=O) groups is 2. The van der Waals surface area contributed by atoms with Crippen LogP contribution in [0, 0.1) is 0 Å². The van der Waals surface area contributed by atoms with E-state index in [-0.39, 0.29) is 19.4 Å². The van der Waals surface area contributed by atoms with E-state index in [0.717, 1.165) is 89.9 Å². The second kappa shape index (κ2) is 55.1. The lowest BCUT2D eigenvalue weighted by Crippen LogP contribution is -2.61. The molecule has 1 saturated heterocycles. The minimum absolute atomic E-state index is 0.0433. The second-order valence-corrected chi connectivity index (χ2v) is 21.8. The number of aliphatic hydroxyl groups is 5. The Balaban J connectivity index is 2.67. The van der Waals surface area contributed by atoms with Crippen molar-refractivity contribution in [2.24, 2.45) is 0 Å². The van der Waals surface area contributed by atoms with Crippen molar-refractivity contribution in [1.29, 1.82) is 0 Å². The second-order valence-electron chi connectivity index (χ2n) is 21.8. The van der Waals surface area contributed by atoms with Crippen LogP contribution in [-0.2, 0) is 23.8 Å². The molecule has 0 saturated carbocycles. The molecule has 0 aromatic carbocycles. The van der Waals surface area contributed by atoms with Crippen molar-refractivity contribution in [1.82, 2.24) is 5.32 Å². The van der Waals surface area contributed by atoms with Crippen molar-refractivity contribution in [2.75, 3.05) is 13.2 Å². The Kier molecular flexibility index (Phi) is 51.4. The van der Waals surface area contributed by atoms with Crippen molar-refractivity contribution in [3.63, 3.8) is 0 Å². The SMILES string of the molecule is CCCCC/C=C\C/C=C\C/C=C\C/C=C\CCCC(=O)OC1C(OCC(NC(=O)C(O)CCCCCCCCCCC/C=C\C/C=C\C/C=C\CCCCC)C(O)/C=C/CCCCCCCCCCC)OC(CO)C(O)C1O. The van der Waals surface area contributed by atoms with Crippen LogP contribution in [0.4, 0.5) is 0 Å². The molecule has 0 spiro atoms. The van der Waals surface area contributed by atoms with E-state index < -0.39 is 67.4 Å². The van der Waals surface area contributed by atoms with E-state index in [9.17, 15) is 35.1 Å². The van der Waals surface area contributed by atoms with E-state index in [2.05, 4.69) is 99.0 Å². The highest BCUT2D eigenvalue weighted by Crippen LogP contribution is 2.26. The Hall–Kier alpha value is -3.42. The summed E-state index contributed by atoms with van der Waals surface area (Å²) in [6.45, 7) is 5.69. The molecule has 0 aromatic heterocycles. The molecule has 0 radical (unpaired) electrons. The first-order valence-electron chi connectivity index (χ1n) is 32.0. The maximum Gasteiger partial charge on any atom is 0.306 e. The number of aliphatic hydroxyl groups excluding tert-OH is 5. The third-order valence-electron chi connectivity index (χ3n) is 14.5. The molecular formula is C68H117NO10. The molecule has 1 aliphatic rings. The molecule has 1 amide bonds. The van der Waals surface area contributed by atoms with Gasteiger partial charge in [-0.3, -0.25) is 9.59 Å². The Morgan fingerprint density at radius 2 is 0.873 bits per heavy atom. The minimum Gasteiger partial charge on any atom is -0.454 e. The molecule has 11 nitrogen and oxygen atoms in total. The van der Waals surface area contributed by atoms with E-state index in [4.69, 9.17) is 14.2 Å². The zero-order valence-electron chi connectivity index (χ0n) is 50.2. The Morgan fingerprint density at radius 1 is 0.494 bits per heavy atom. The summed E-state index contributed by atoms with van der Waals surface area (Å²) in [5.74, 6) is -1.26. The predicted molar refractivity (Wildman–Crippen MR) is 329 cm³/mol. The van der Waals surface area contributed by atoms with Gasteiger partial charge in [0.05, 0.1) is 25.4 Å². The molecule has 79 heavy (non-hydrogen) atoms. The van der Waals surface area contributed by atoms with Gasteiger partial charge < -0.3 is 45.1 Å². The zero-order chi connectivity index (χ0) is 57.5. The molecule has 6 N–H and O–H groups in total. The zero-order valence-corrected chi connectivity index (χ0v) is 50.2. The Labute approximate surface area is 482 Å². The first kappa shape index (κ1) is 73.6. The van der Waals surface area contributed by atoms with Gasteiger partial charge in [0.2, 0.25) is 5.91 Å². The van der Waals surface area contributed by atoms with E-state index in [1.54, 1.807) is 6.08 Å². The molecule has 1 rings (SSSR count). The van der Waals surface area contributed by atoms with Crippen LogP contribution in [0.5, 0.6) is 0 Å². The summed E-state index contributed by atoms with van der Waals surface area (Å²) in [5, 5.41) is 57.0. The number of esters is 1. The van der Waals surface area contributed by atoms with E-state index in [0.29, 0.717) is 19.3 Å². The lowest BCUT2D eigenvalue weighted by molar-refractivity contribution is -0.305. The van der Waals surface area contributed by atoms with Gasteiger partial charge in [-0.1, -0.05) is 246 Å². The number of rotatable bonds is 53. The van der Waals surface area contributed by atoms with Crippen molar-refractivity contribution >= 4 is 11.9 Å². The summed E-state index contributed by atoms with van der Waals surface area (Å²) < 4.78 is 17.6. The topological polar surface area (TPSA) is 175 Å². The average molecular weight is 1110 g/mol. The molecule has 8 unspecified atom stereocenters. The van der Waals surface area contributed by atoms with Crippen LogP contribution in [0.3, 0.4) is 0 Å². The maximum atomic E-state index is 13.4. The molecule has 11 heteroatoms. The summed E-state index contributed by atoms with van der Waals surface area (Å²) in [6, 6.07) is -1.04. The highest BCUT2D eigenvalue weighted by atomic mass is 16.7. The number of ether oxygens (including phenoxy) is 3. The maximum absolute atomic E-state index is 13.4. The summed E-state index contributed by atoms with van der Waals surface area (Å²) in [7, 11) is 0. The molecule has 0 aromatic rings. The summed E-state index contributed by atoms with van der Waals surface area (Å²) in [5.41, 5.74) is 0. The van der Waals surface area contributed by atoms with Crippen molar-refractivity contribution < 1.29 is 49.3 Å². The van der Waals surface area contributed by atoms with Gasteiger partial charge in [0.1, 0.15) is 24.4 Å². The van der Waals surface area contributed by atoms with Gasteiger partial charge in [0.25, 0.3) is 0 Å². The minimum atomic E-state index is -1.64. The summed E-state index contributed by atoms with van der Waals surface area (Å²) in [6.07, 6.45) is 63.1. The number of amides is 1. The molecule has 1 aliphatic heterocycles. The van der Waals surface area contributed by atoms with Crippen molar-refractivity contribution in [3.05, 3.63) is 97.2 Å². The number of nitrogens with one attached hydrogen (secondary N) is 1. The van der Waals surface area contributed by atoms with Gasteiger partial charge >= 0.3 is 5.97 Å². The number of hydrogen-bond acceptors (Lipinski definition) is 10. The first-order valence-corrected chi connectivity index (χ1v) is 32.0. The van der Waals surface area contributed by atoms with E-state index in [1.165, 1.54) is 116 Å². The number of hydrogen-bond donors (Lipinski definition) is 6. The predicted octanol–water partition coefficient (Wildman–Crippen LogP) is 15.5. The Bertz CT molecular complexity index is 1650. The molecule has 1 fully saturated rings. The number of unbranched alkanes of at least 4 members (excludes halogenated alkanes) is 25. The highest BCUT2D eigenvalue weighted by Gasteiger charge is 2.47. The van der Waals surface area contributed by atoms with Gasteiger partial charge in [-0.15, -0.1) is 0 Å². The monoisotopic (exact) mass is 1110 g/mol. The van der Waals surface area contributed by atoms with Gasteiger partial charge in [0, 0.05) is 6.42 Å². The molecule has 454 valence electrons. The van der Waals surface area contributed by atoms with Crippen LogP contribution in [0.25, 0.3) is 0 Å². The van der Waals surface area contributed by atoms with Crippen molar-refractivity contribution in [3.8, 4) is 0 Å². The van der Waals surface area contributed by atoms with Crippen LogP contribution < -0.4 is 5.32 Å². The van der Waals surface area contributed by atoms with Gasteiger partial charge in [0.15, 0.2) is 12.4 Å². The molecule has 8 atom stereocenters. The smallest absolute Gasteiger partial charge is 0.306 e. The van der Waals surface area contributed by atoms with Crippen LogP contribution >= 0.6 is 0 Å². The fourth-order valence-electron chi connectivity index (χ4n) is 9.36. The lowest BCUT2D eigenvalue weighted by Gasteiger charge is -2.41. The quantitative estimate of drug-likeness (QED) is 0.0195. The molecule has 1 heterocycles. The van der Waals surface area contributed by atoms with Crippen LogP contribution in [0.1, 0.15) is 258 Å². The fraction of sp³-hybridized carbons (Fsp3) is 0.735. The van der Waals surface area contributed by atoms with Crippen LogP contribution in [-0.4, -0.2) is 99.6 Å². The number of allylic oxidation sites excluding steroid dienone is 15. The standard InChI is InChI=1S/C68H117NO10/c1-4-7-10-13-16-19-22-24-26-28-29-30-31-32-34-35-37-40-43-46-49-52-55-61(72)67(76)69-59(60(71)54-51-48-45-42-39-21-18-15-12-9-6-3)58-77-68-66(65(75)64(74)62(57-70)78-68)79-63(73)56-53-50-47-44-41-38-36-33-27-25-23-20-17-14-11-8-5-2/h16-17,19-20,24-27,29-30,36,38,44,47,51,54,59-62,64-66,68,70-72,74-75H,4-15,18,21-23,28,31-35,37,39-43,45-46,48-50,52-53,55-58H2,1-3H3,(H,69,76)/b19-16-,20-17-,26-24-,27-25-,30-29-,38-36-,47-44-,54-51+. The molecule has 0 aliphatic carbocycles. The van der Waals surface area contributed by atoms with E-state index >= 15 is 0 Å². The van der Waals surface area contributed by atoms with Gasteiger partial charge in [-0.05, 0) is 103 Å². The largest absolute Gasteiger partial charge is 0.454 e. The molecular weight excluding hydrogens is 991 g/mol. The normalized spacial score (nSPS) is 19.5. The summed E-state index contributed by atoms with van der Waals surface area (Å²) >= 11 is 0. The summed E-state index contributed by atoms with van der Waals surface area (Å²) in [4.78, 5) is 26.5. The van der Waals surface area contributed by atoms with Gasteiger partial charge in [-0.2, -0.15) is 0 Å². The third kappa shape index (κ3) is 43.0. The van der Waals surface area contributed by atoms with Crippen LogP contribution in [0.15, 0.2) is 97.2 Å². The highest BCUT2D eigenvalue weighted by molar-refractivity contribution is 5.80. The first-order chi connectivity index (χ1) is 38.7. The van der Waals surface area contributed by atoms with Gasteiger partial charge in [-0.25, -0.2) is 0 Å². The van der Waals surface area contributed by atoms with Crippen LogP contribution in [0.2, 0.25) is 0 Å². The molecule has 0 bridgehead atoms. The average Bonchev–Trinajstić information content (AvgIpc) is 3.47. The fourth-order valence-corrected chi connectivity index (χ4v) is 9.36. The van der Waals surface area contributed by atoms with Crippen molar-refractivity contribution in [2.45, 2.75) is 307 Å².